The van der Waals surface area contributed by atoms with Crippen molar-refractivity contribution in [1.29, 1.82) is 0 Å². The van der Waals surface area contributed by atoms with Gasteiger partial charge < -0.3 is 0 Å². The Balaban J connectivity index is 1.58. The predicted molar refractivity (Wildman–Crippen MR) is 87.1 cm³/mol. The van der Waals surface area contributed by atoms with Crippen molar-refractivity contribution in [2.45, 2.75) is 82.8 Å². The molecule has 1 aromatic carbocycles. The van der Waals surface area contributed by atoms with Gasteiger partial charge in [0.2, 0.25) is 0 Å². The van der Waals surface area contributed by atoms with Crippen LogP contribution in [-0.2, 0) is 12.0 Å². The minimum Gasteiger partial charge on any atom is -0.252 e. The molecule has 0 amide bonds. The number of nitrogens with zero attached hydrogens (tertiary/aromatic N) is 1. The largest absolute Gasteiger partial charge is 0.252 e. The molecule has 114 valence electrons. The molecule has 0 saturated heterocycles. The highest BCUT2D eigenvalue weighted by Gasteiger charge is 2.44. The molecule has 2 nitrogen and oxygen atoms in total. The molecular weight excluding hydrogens is 256 g/mol. The van der Waals surface area contributed by atoms with Crippen molar-refractivity contribution in [1.82, 2.24) is 10.4 Å². The molecule has 21 heavy (non-hydrogen) atoms. The molecule has 1 N–H and O–H groups in total. The highest BCUT2D eigenvalue weighted by molar-refractivity contribution is 5.41. The highest BCUT2D eigenvalue weighted by Crippen LogP contribution is 2.52. The Hall–Kier alpha value is -0.860. The molecule has 3 aliphatic carbocycles. The second-order valence-electron chi connectivity index (χ2n) is 7.56. The van der Waals surface area contributed by atoms with Crippen LogP contribution in [0.1, 0.15) is 68.6 Å². The molecule has 3 aliphatic rings. The average Bonchev–Trinajstić information content (AvgIpc) is 3.36. The third-order valence-corrected chi connectivity index (χ3v) is 5.62. The van der Waals surface area contributed by atoms with Gasteiger partial charge >= 0.3 is 0 Å². The van der Waals surface area contributed by atoms with Crippen molar-refractivity contribution in [3.63, 3.8) is 0 Å². The monoisotopic (exact) mass is 284 g/mol. The lowest BCUT2D eigenvalue weighted by molar-refractivity contribution is 0.162. The maximum Gasteiger partial charge on any atom is 0.0387 e. The van der Waals surface area contributed by atoms with Crippen LogP contribution in [0.25, 0.3) is 0 Å². The van der Waals surface area contributed by atoms with E-state index in [1.165, 1.54) is 50.5 Å². The van der Waals surface area contributed by atoms with E-state index < -0.39 is 0 Å². The van der Waals surface area contributed by atoms with E-state index in [1.54, 1.807) is 11.1 Å². The van der Waals surface area contributed by atoms with Gasteiger partial charge in [0.1, 0.15) is 0 Å². The lowest BCUT2D eigenvalue weighted by Gasteiger charge is -2.26. The van der Waals surface area contributed by atoms with Crippen LogP contribution >= 0.6 is 0 Å². The topological polar surface area (TPSA) is 15.3 Å². The Kier molecular flexibility index (Phi) is 3.35. The quantitative estimate of drug-likeness (QED) is 0.759. The molecule has 0 aliphatic heterocycles. The molecule has 4 rings (SSSR count). The van der Waals surface area contributed by atoms with Gasteiger partial charge in [-0.15, -0.1) is 0 Å². The molecule has 0 spiro atoms. The SMILES string of the molecule is CCC1(c2cc(C)ccc2CN(NC2CC2)C2CC2)CC1. The summed E-state index contributed by atoms with van der Waals surface area (Å²) in [5.74, 6) is 0. The summed E-state index contributed by atoms with van der Waals surface area (Å²) in [6.45, 7) is 5.69. The molecule has 0 atom stereocenters. The zero-order valence-electron chi connectivity index (χ0n) is 13.5. The number of hydrazine groups is 1. The summed E-state index contributed by atoms with van der Waals surface area (Å²) in [6.07, 6.45) is 9.55. The second kappa shape index (κ2) is 5.10. The van der Waals surface area contributed by atoms with E-state index in [2.05, 4.69) is 42.5 Å². The van der Waals surface area contributed by atoms with Gasteiger partial charge in [-0.05, 0) is 68.4 Å². The van der Waals surface area contributed by atoms with Crippen LogP contribution in [0.4, 0.5) is 0 Å². The van der Waals surface area contributed by atoms with E-state index in [-0.39, 0.29) is 0 Å². The predicted octanol–water partition coefficient (Wildman–Crippen LogP) is 4.07. The van der Waals surface area contributed by atoms with Crippen LogP contribution in [0, 0.1) is 6.92 Å². The van der Waals surface area contributed by atoms with Crippen LogP contribution in [0.2, 0.25) is 0 Å². The number of benzene rings is 1. The third kappa shape index (κ3) is 2.89. The van der Waals surface area contributed by atoms with E-state index >= 15 is 0 Å². The fraction of sp³-hybridized carbons (Fsp3) is 0.684. The summed E-state index contributed by atoms with van der Waals surface area (Å²) in [4.78, 5) is 0. The van der Waals surface area contributed by atoms with Gasteiger partial charge in [-0.3, -0.25) is 5.43 Å². The van der Waals surface area contributed by atoms with Crippen molar-refractivity contribution >= 4 is 0 Å². The summed E-state index contributed by atoms with van der Waals surface area (Å²) < 4.78 is 0. The van der Waals surface area contributed by atoms with Crippen LogP contribution in [0.5, 0.6) is 0 Å². The summed E-state index contributed by atoms with van der Waals surface area (Å²) in [6, 6.07) is 8.71. The van der Waals surface area contributed by atoms with Crippen LogP contribution < -0.4 is 5.43 Å². The van der Waals surface area contributed by atoms with Crippen LogP contribution in [0.15, 0.2) is 18.2 Å². The lowest BCUT2D eigenvalue weighted by Crippen LogP contribution is -2.41. The van der Waals surface area contributed by atoms with Gasteiger partial charge in [0.15, 0.2) is 0 Å². The summed E-state index contributed by atoms with van der Waals surface area (Å²) in [5, 5.41) is 2.55. The second-order valence-corrected chi connectivity index (χ2v) is 7.56. The van der Waals surface area contributed by atoms with Crippen molar-refractivity contribution in [2.75, 3.05) is 0 Å². The molecule has 0 unspecified atom stereocenters. The van der Waals surface area contributed by atoms with Gasteiger partial charge in [0.25, 0.3) is 0 Å². The van der Waals surface area contributed by atoms with Gasteiger partial charge in [-0.2, -0.15) is 0 Å². The molecular formula is C19H28N2. The fourth-order valence-corrected chi connectivity index (χ4v) is 3.58. The standard InChI is InChI=1S/C19H28N2/c1-3-19(10-11-19)18-12-14(2)4-5-15(18)13-21(17-8-9-17)20-16-6-7-16/h4-5,12,16-17,20H,3,6-11,13H2,1-2H3. The maximum atomic E-state index is 3.77. The van der Waals surface area contributed by atoms with Gasteiger partial charge in [0, 0.05) is 18.6 Å². The van der Waals surface area contributed by atoms with Crippen LogP contribution in [-0.4, -0.2) is 17.1 Å². The number of aryl methyl sites for hydroxylation is 1. The average molecular weight is 284 g/mol. The lowest BCUT2D eigenvalue weighted by atomic mass is 9.88. The van der Waals surface area contributed by atoms with Gasteiger partial charge in [-0.1, -0.05) is 30.7 Å². The minimum atomic E-state index is 0.510. The summed E-state index contributed by atoms with van der Waals surface area (Å²) in [7, 11) is 0. The number of rotatable bonds is 7. The molecule has 0 aromatic heterocycles. The molecule has 3 saturated carbocycles. The molecule has 0 bridgehead atoms. The first-order valence-electron chi connectivity index (χ1n) is 8.83. The van der Waals surface area contributed by atoms with E-state index in [0.717, 1.165) is 18.6 Å². The zero-order valence-corrected chi connectivity index (χ0v) is 13.5. The Bertz CT molecular complexity index is 524. The summed E-state index contributed by atoms with van der Waals surface area (Å²) >= 11 is 0. The first-order valence-corrected chi connectivity index (χ1v) is 8.83. The van der Waals surface area contributed by atoms with Crippen molar-refractivity contribution in [3.05, 3.63) is 34.9 Å². The van der Waals surface area contributed by atoms with Gasteiger partial charge in [-0.25, -0.2) is 5.01 Å². The minimum absolute atomic E-state index is 0.510. The van der Waals surface area contributed by atoms with Crippen LogP contribution in [0.3, 0.4) is 0 Å². The van der Waals surface area contributed by atoms with Crippen molar-refractivity contribution in [3.8, 4) is 0 Å². The summed E-state index contributed by atoms with van der Waals surface area (Å²) in [5.41, 5.74) is 8.91. The number of hydrogen-bond donors (Lipinski definition) is 1. The maximum absolute atomic E-state index is 3.77. The van der Waals surface area contributed by atoms with Crippen molar-refractivity contribution < 1.29 is 0 Å². The Morgan fingerprint density at radius 2 is 1.95 bits per heavy atom. The van der Waals surface area contributed by atoms with E-state index in [0.29, 0.717) is 5.41 Å². The Labute approximate surface area is 128 Å². The van der Waals surface area contributed by atoms with E-state index in [4.69, 9.17) is 0 Å². The smallest absolute Gasteiger partial charge is 0.0387 e. The Morgan fingerprint density at radius 1 is 1.19 bits per heavy atom. The fourth-order valence-electron chi connectivity index (χ4n) is 3.58. The Morgan fingerprint density at radius 3 is 2.52 bits per heavy atom. The molecule has 2 heteroatoms. The van der Waals surface area contributed by atoms with Gasteiger partial charge in [0.05, 0.1) is 0 Å². The molecule has 0 heterocycles. The van der Waals surface area contributed by atoms with Crippen molar-refractivity contribution in [2.24, 2.45) is 0 Å². The van der Waals surface area contributed by atoms with E-state index in [1.807, 2.05) is 0 Å². The van der Waals surface area contributed by atoms with E-state index in [9.17, 15) is 0 Å². The zero-order chi connectivity index (χ0) is 14.4. The molecule has 1 aromatic rings. The first-order chi connectivity index (χ1) is 10.2. The third-order valence-electron chi connectivity index (χ3n) is 5.62. The number of hydrogen-bond acceptors (Lipinski definition) is 2. The molecule has 3 fully saturated rings. The first kappa shape index (κ1) is 13.8. The molecule has 0 radical (unpaired) electrons. The normalized spacial score (nSPS) is 23.6. The highest BCUT2D eigenvalue weighted by atomic mass is 15.5. The number of nitrogens with one attached hydrogen (secondary N) is 1.